The number of rotatable bonds is 7. The Kier molecular flexibility index (Phi) is 6.07. The van der Waals surface area contributed by atoms with Crippen molar-refractivity contribution in [1.82, 2.24) is 14.4 Å². The number of hydrogen-bond acceptors (Lipinski definition) is 4. The van der Waals surface area contributed by atoms with Gasteiger partial charge in [0, 0.05) is 51.0 Å². The molecule has 0 radical (unpaired) electrons. The maximum atomic E-state index is 12.6. The molecule has 0 bridgehead atoms. The standard InChI is InChI=1S/C19H27N3O3/c1-2-25-15-17(23)13-20-9-11-21(12-10-20)19(24)14-22-8-7-16-5-3-4-6-18(16)22/h3-8,17,23H,2,9-15H2,1H3/t17-/m1/s1. The summed E-state index contributed by atoms with van der Waals surface area (Å²) in [5.41, 5.74) is 1.09. The summed E-state index contributed by atoms with van der Waals surface area (Å²) in [5, 5.41) is 11.1. The van der Waals surface area contributed by atoms with Crippen LogP contribution in [0.2, 0.25) is 0 Å². The van der Waals surface area contributed by atoms with E-state index in [1.54, 1.807) is 0 Å². The number of carbonyl (C=O) groups excluding carboxylic acids is 1. The lowest BCUT2D eigenvalue weighted by atomic mass is 10.2. The van der Waals surface area contributed by atoms with Gasteiger partial charge in [0.25, 0.3) is 0 Å². The molecule has 1 aromatic carbocycles. The van der Waals surface area contributed by atoms with Crippen molar-refractivity contribution >= 4 is 16.8 Å². The van der Waals surface area contributed by atoms with E-state index in [-0.39, 0.29) is 5.91 Å². The van der Waals surface area contributed by atoms with Gasteiger partial charge in [0.15, 0.2) is 0 Å². The van der Waals surface area contributed by atoms with E-state index in [2.05, 4.69) is 11.0 Å². The quantitative estimate of drug-likeness (QED) is 0.819. The predicted octanol–water partition coefficient (Wildman–Crippen LogP) is 1.18. The van der Waals surface area contributed by atoms with Crippen LogP contribution in [0.1, 0.15) is 6.92 Å². The first kappa shape index (κ1) is 17.9. The molecule has 0 aliphatic carbocycles. The number of aromatic nitrogens is 1. The number of para-hydroxylation sites is 1. The van der Waals surface area contributed by atoms with Crippen LogP contribution in [0.25, 0.3) is 10.9 Å². The van der Waals surface area contributed by atoms with Gasteiger partial charge in [-0.1, -0.05) is 18.2 Å². The average molecular weight is 345 g/mol. The Morgan fingerprint density at radius 2 is 1.96 bits per heavy atom. The van der Waals surface area contributed by atoms with Crippen LogP contribution in [0.3, 0.4) is 0 Å². The summed E-state index contributed by atoms with van der Waals surface area (Å²) in [6.45, 7) is 6.89. The number of aliphatic hydroxyl groups excluding tert-OH is 1. The fraction of sp³-hybridized carbons (Fsp3) is 0.526. The van der Waals surface area contributed by atoms with Gasteiger partial charge in [-0.05, 0) is 24.4 Å². The molecule has 2 aromatic rings. The summed E-state index contributed by atoms with van der Waals surface area (Å²) in [6, 6.07) is 10.1. The highest BCUT2D eigenvalue weighted by Gasteiger charge is 2.22. The Labute approximate surface area is 148 Å². The van der Waals surface area contributed by atoms with Crippen LogP contribution in [0.4, 0.5) is 0 Å². The molecule has 1 aromatic heterocycles. The van der Waals surface area contributed by atoms with E-state index in [4.69, 9.17) is 4.74 Å². The molecule has 1 fully saturated rings. The first-order chi connectivity index (χ1) is 12.2. The minimum Gasteiger partial charge on any atom is -0.389 e. The monoisotopic (exact) mass is 345 g/mol. The Morgan fingerprint density at radius 3 is 2.72 bits per heavy atom. The van der Waals surface area contributed by atoms with Gasteiger partial charge in [-0.2, -0.15) is 0 Å². The number of fused-ring (bicyclic) bond motifs is 1. The Morgan fingerprint density at radius 1 is 1.20 bits per heavy atom. The summed E-state index contributed by atoms with van der Waals surface area (Å²) in [6.07, 6.45) is 1.51. The maximum Gasteiger partial charge on any atom is 0.242 e. The molecule has 1 aliphatic rings. The topological polar surface area (TPSA) is 57.9 Å². The number of piperazine rings is 1. The smallest absolute Gasteiger partial charge is 0.242 e. The van der Waals surface area contributed by atoms with Crippen LogP contribution in [0.15, 0.2) is 36.5 Å². The van der Waals surface area contributed by atoms with Crippen molar-refractivity contribution in [2.45, 2.75) is 19.6 Å². The molecule has 0 saturated carbocycles. The van der Waals surface area contributed by atoms with Crippen molar-refractivity contribution in [2.75, 3.05) is 45.9 Å². The van der Waals surface area contributed by atoms with Crippen molar-refractivity contribution in [1.29, 1.82) is 0 Å². The summed E-state index contributed by atoms with van der Waals surface area (Å²) in [5.74, 6) is 0.149. The number of carbonyl (C=O) groups is 1. The van der Waals surface area contributed by atoms with E-state index in [1.807, 2.05) is 46.9 Å². The first-order valence-corrected chi connectivity index (χ1v) is 8.97. The summed E-state index contributed by atoms with van der Waals surface area (Å²) < 4.78 is 7.26. The Hall–Kier alpha value is -1.89. The number of β-amino-alcohol motifs (C(OH)–C–C–N with tert-alkyl or cyclic N) is 1. The van der Waals surface area contributed by atoms with E-state index in [0.29, 0.717) is 39.4 Å². The molecule has 25 heavy (non-hydrogen) atoms. The second-order valence-corrected chi connectivity index (χ2v) is 6.50. The predicted molar refractivity (Wildman–Crippen MR) is 97.5 cm³/mol. The zero-order valence-electron chi connectivity index (χ0n) is 14.8. The highest BCUT2D eigenvalue weighted by molar-refractivity contribution is 5.83. The summed E-state index contributed by atoms with van der Waals surface area (Å²) in [7, 11) is 0. The molecule has 6 heteroatoms. The highest BCUT2D eigenvalue weighted by atomic mass is 16.5. The van der Waals surface area contributed by atoms with E-state index < -0.39 is 6.10 Å². The molecule has 0 spiro atoms. The number of amides is 1. The maximum absolute atomic E-state index is 12.6. The molecule has 1 N–H and O–H groups in total. The van der Waals surface area contributed by atoms with Crippen molar-refractivity contribution in [3.05, 3.63) is 36.5 Å². The van der Waals surface area contributed by atoms with Crippen molar-refractivity contribution in [3.63, 3.8) is 0 Å². The second kappa shape index (κ2) is 8.47. The number of hydrogen-bond donors (Lipinski definition) is 1. The molecule has 6 nitrogen and oxygen atoms in total. The molecule has 2 heterocycles. The normalized spacial score (nSPS) is 17.1. The molecule has 3 rings (SSSR count). The third-order valence-electron chi connectivity index (χ3n) is 4.69. The van der Waals surface area contributed by atoms with Gasteiger partial charge in [-0.3, -0.25) is 9.69 Å². The fourth-order valence-electron chi connectivity index (χ4n) is 3.31. The Balaban J connectivity index is 1.48. The lowest BCUT2D eigenvalue weighted by Crippen LogP contribution is -2.51. The van der Waals surface area contributed by atoms with E-state index >= 15 is 0 Å². The second-order valence-electron chi connectivity index (χ2n) is 6.50. The van der Waals surface area contributed by atoms with Crippen molar-refractivity contribution < 1.29 is 14.6 Å². The molecule has 0 unspecified atom stereocenters. The molecular weight excluding hydrogens is 318 g/mol. The van der Waals surface area contributed by atoms with Gasteiger partial charge in [0.2, 0.25) is 5.91 Å². The number of nitrogens with zero attached hydrogens (tertiary/aromatic N) is 3. The Bertz CT molecular complexity index is 692. The van der Waals surface area contributed by atoms with Crippen molar-refractivity contribution in [3.8, 4) is 0 Å². The first-order valence-electron chi connectivity index (χ1n) is 8.97. The van der Waals surface area contributed by atoms with E-state index in [1.165, 1.54) is 0 Å². The van der Waals surface area contributed by atoms with Gasteiger partial charge in [-0.15, -0.1) is 0 Å². The molecule has 1 saturated heterocycles. The summed E-state index contributed by atoms with van der Waals surface area (Å²) in [4.78, 5) is 16.7. The van der Waals surface area contributed by atoms with E-state index in [0.717, 1.165) is 24.0 Å². The molecule has 1 amide bonds. The van der Waals surface area contributed by atoms with Gasteiger partial charge in [-0.25, -0.2) is 0 Å². The zero-order chi connectivity index (χ0) is 17.6. The van der Waals surface area contributed by atoms with Crippen LogP contribution in [0.5, 0.6) is 0 Å². The lowest BCUT2D eigenvalue weighted by molar-refractivity contribution is -0.133. The van der Waals surface area contributed by atoms with Crippen LogP contribution >= 0.6 is 0 Å². The average Bonchev–Trinajstić information content (AvgIpc) is 3.03. The van der Waals surface area contributed by atoms with Crippen LogP contribution in [-0.2, 0) is 16.1 Å². The largest absolute Gasteiger partial charge is 0.389 e. The van der Waals surface area contributed by atoms with Gasteiger partial charge >= 0.3 is 0 Å². The van der Waals surface area contributed by atoms with Gasteiger partial charge in [0.05, 0.1) is 12.7 Å². The van der Waals surface area contributed by atoms with Crippen LogP contribution < -0.4 is 0 Å². The van der Waals surface area contributed by atoms with E-state index in [9.17, 15) is 9.90 Å². The number of ether oxygens (including phenoxy) is 1. The fourth-order valence-corrected chi connectivity index (χ4v) is 3.31. The molecule has 136 valence electrons. The van der Waals surface area contributed by atoms with Crippen molar-refractivity contribution in [2.24, 2.45) is 0 Å². The van der Waals surface area contributed by atoms with Gasteiger partial charge < -0.3 is 19.3 Å². The number of aliphatic hydroxyl groups is 1. The molecule has 1 atom stereocenters. The molecular formula is C19H27N3O3. The minimum atomic E-state index is -0.464. The SMILES string of the molecule is CCOC[C@H](O)CN1CCN(C(=O)Cn2ccc3ccccc32)CC1. The third kappa shape index (κ3) is 4.60. The summed E-state index contributed by atoms with van der Waals surface area (Å²) >= 11 is 0. The number of benzene rings is 1. The van der Waals surface area contributed by atoms with Gasteiger partial charge in [0.1, 0.15) is 6.54 Å². The van der Waals surface area contributed by atoms with Crippen LogP contribution in [0, 0.1) is 0 Å². The zero-order valence-corrected chi connectivity index (χ0v) is 14.8. The highest BCUT2D eigenvalue weighted by Crippen LogP contribution is 2.15. The lowest BCUT2D eigenvalue weighted by Gasteiger charge is -2.35. The minimum absolute atomic E-state index is 0.149. The third-order valence-corrected chi connectivity index (χ3v) is 4.69. The molecule has 1 aliphatic heterocycles. The van der Waals surface area contributed by atoms with Crippen LogP contribution in [-0.4, -0.2) is 77.4 Å².